The highest BCUT2D eigenvalue weighted by molar-refractivity contribution is 5.82. The van der Waals surface area contributed by atoms with E-state index in [-0.39, 0.29) is 23.8 Å². The number of ether oxygens (including phenoxy) is 1. The number of amides is 1. The summed E-state index contributed by atoms with van der Waals surface area (Å²) in [7, 11) is 0. The quantitative estimate of drug-likeness (QED) is 0.849. The van der Waals surface area contributed by atoms with Crippen LogP contribution in [-0.2, 0) is 16.1 Å². The zero-order valence-corrected chi connectivity index (χ0v) is 13.8. The fourth-order valence-corrected chi connectivity index (χ4v) is 2.36. The summed E-state index contributed by atoms with van der Waals surface area (Å²) >= 11 is 0. The molecule has 1 N–H and O–H groups in total. The Morgan fingerprint density at radius 2 is 1.95 bits per heavy atom. The van der Waals surface area contributed by atoms with Crippen molar-refractivity contribution < 1.29 is 14.1 Å². The molecular weight excluding hydrogens is 284 g/mol. The Morgan fingerprint density at radius 1 is 1.27 bits per heavy atom. The molecule has 2 rings (SSSR count). The van der Waals surface area contributed by atoms with Crippen LogP contribution in [0.15, 0.2) is 4.52 Å². The van der Waals surface area contributed by atoms with Crippen LogP contribution in [0.5, 0.6) is 0 Å². The minimum absolute atomic E-state index is 0.117. The van der Waals surface area contributed by atoms with Crippen LogP contribution in [0.3, 0.4) is 0 Å². The summed E-state index contributed by atoms with van der Waals surface area (Å²) in [5, 5.41) is 7.21. The Bertz CT molecular complexity index is 481. The first kappa shape index (κ1) is 16.9. The van der Waals surface area contributed by atoms with Crippen LogP contribution in [0.25, 0.3) is 0 Å². The smallest absolute Gasteiger partial charge is 0.240 e. The first-order chi connectivity index (χ1) is 10.5. The molecule has 0 aromatic carbocycles. The van der Waals surface area contributed by atoms with Gasteiger partial charge in [-0.25, -0.2) is 0 Å². The lowest BCUT2D eigenvalue weighted by molar-refractivity contribution is -0.138. The van der Waals surface area contributed by atoms with E-state index in [1.807, 2.05) is 32.6 Å². The molecule has 0 unspecified atom stereocenters. The summed E-state index contributed by atoms with van der Waals surface area (Å²) in [6.45, 7) is 11.0. The van der Waals surface area contributed by atoms with E-state index >= 15 is 0 Å². The molecule has 1 aromatic rings. The van der Waals surface area contributed by atoms with Gasteiger partial charge in [0.15, 0.2) is 5.82 Å². The molecule has 7 nitrogen and oxygen atoms in total. The van der Waals surface area contributed by atoms with Crippen LogP contribution in [0.4, 0.5) is 0 Å². The largest absolute Gasteiger partial charge is 0.378 e. The summed E-state index contributed by atoms with van der Waals surface area (Å²) in [4.78, 5) is 18.8. The predicted molar refractivity (Wildman–Crippen MR) is 81.3 cm³/mol. The van der Waals surface area contributed by atoms with Gasteiger partial charge in [-0.3, -0.25) is 10.1 Å². The standard InChI is InChI=1S/C15H26N4O3/c1-10(2)13(15(20)19-5-7-21-8-6-19)16-9-12-17-14(11(3)4)22-18-12/h10-11,13,16H,5-9H2,1-4H3/t13-/m0/s1. The van der Waals surface area contributed by atoms with Gasteiger partial charge in [0.05, 0.1) is 25.8 Å². The number of rotatable bonds is 6. The number of nitrogens with one attached hydrogen (secondary N) is 1. The molecule has 22 heavy (non-hydrogen) atoms. The highest BCUT2D eigenvalue weighted by Gasteiger charge is 2.28. The molecule has 0 aliphatic carbocycles. The van der Waals surface area contributed by atoms with E-state index in [4.69, 9.17) is 9.26 Å². The molecular formula is C15H26N4O3. The SMILES string of the molecule is CC(C)c1nc(CN[C@H](C(=O)N2CCOCC2)C(C)C)no1. The van der Waals surface area contributed by atoms with Gasteiger partial charge in [0.25, 0.3) is 0 Å². The van der Waals surface area contributed by atoms with Gasteiger partial charge in [-0.05, 0) is 5.92 Å². The summed E-state index contributed by atoms with van der Waals surface area (Å²) in [6, 6.07) is -0.251. The molecule has 1 fully saturated rings. The number of nitrogens with zero attached hydrogens (tertiary/aromatic N) is 3. The molecule has 1 aliphatic rings. The predicted octanol–water partition coefficient (Wildman–Crippen LogP) is 1.17. The molecule has 1 atom stereocenters. The van der Waals surface area contributed by atoms with Crippen molar-refractivity contribution in [3.05, 3.63) is 11.7 Å². The minimum atomic E-state index is -0.251. The normalized spacial score (nSPS) is 17.3. The molecule has 1 amide bonds. The second-order valence-electron chi connectivity index (χ2n) is 6.24. The molecule has 1 saturated heterocycles. The maximum atomic E-state index is 12.6. The maximum absolute atomic E-state index is 12.6. The lowest BCUT2D eigenvalue weighted by Crippen LogP contribution is -2.52. The number of hydrogen-bond acceptors (Lipinski definition) is 6. The fraction of sp³-hybridized carbons (Fsp3) is 0.800. The number of carbonyl (C=O) groups excluding carboxylic acids is 1. The fourth-order valence-electron chi connectivity index (χ4n) is 2.36. The Labute approximate surface area is 131 Å². The van der Waals surface area contributed by atoms with E-state index in [0.29, 0.717) is 44.6 Å². The Balaban J connectivity index is 1.94. The second-order valence-corrected chi connectivity index (χ2v) is 6.24. The van der Waals surface area contributed by atoms with Crippen molar-refractivity contribution in [2.45, 2.75) is 46.2 Å². The van der Waals surface area contributed by atoms with Gasteiger partial charge >= 0.3 is 0 Å². The number of morpholine rings is 1. The molecule has 124 valence electrons. The van der Waals surface area contributed by atoms with Crippen molar-refractivity contribution in [2.24, 2.45) is 5.92 Å². The van der Waals surface area contributed by atoms with Gasteiger partial charge in [0, 0.05) is 19.0 Å². The molecule has 7 heteroatoms. The van der Waals surface area contributed by atoms with Gasteiger partial charge < -0.3 is 14.2 Å². The van der Waals surface area contributed by atoms with Gasteiger partial charge in [-0.15, -0.1) is 0 Å². The van der Waals surface area contributed by atoms with Gasteiger partial charge in [0.1, 0.15) is 0 Å². The van der Waals surface area contributed by atoms with Gasteiger partial charge in [-0.1, -0.05) is 32.9 Å². The van der Waals surface area contributed by atoms with Crippen LogP contribution in [0, 0.1) is 5.92 Å². The zero-order valence-electron chi connectivity index (χ0n) is 13.8. The second kappa shape index (κ2) is 7.69. The maximum Gasteiger partial charge on any atom is 0.240 e. The van der Waals surface area contributed by atoms with Crippen molar-refractivity contribution in [1.29, 1.82) is 0 Å². The van der Waals surface area contributed by atoms with E-state index < -0.39 is 0 Å². The van der Waals surface area contributed by atoms with Crippen LogP contribution in [0.2, 0.25) is 0 Å². The van der Waals surface area contributed by atoms with Crippen LogP contribution >= 0.6 is 0 Å². The van der Waals surface area contributed by atoms with Crippen molar-refractivity contribution in [3.8, 4) is 0 Å². The lowest BCUT2D eigenvalue weighted by atomic mass is 10.0. The molecule has 0 saturated carbocycles. The topological polar surface area (TPSA) is 80.5 Å². The molecule has 2 heterocycles. The van der Waals surface area contributed by atoms with E-state index in [9.17, 15) is 4.79 Å². The summed E-state index contributed by atoms with van der Waals surface area (Å²) < 4.78 is 10.5. The van der Waals surface area contributed by atoms with Crippen molar-refractivity contribution in [3.63, 3.8) is 0 Å². The van der Waals surface area contributed by atoms with E-state index in [2.05, 4.69) is 15.5 Å². The Morgan fingerprint density at radius 3 is 2.50 bits per heavy atom. The summed E-state index contributed by atoms with van der Waals surface area (Å²) in [5.74, 6) is 1.72. The highest BCUT2D eigenvalue weighted by Crippen LogP contribution is 2.12. The monoisotopic (exact) mass is 310 g/mol. The van der Waals surface area contributed by atoms with Gasteiger partial charge in [0.2, 0.25) is 11.8 Å². The minimum Gasteiger partial charge on any atom is -0.378 e. The van der Waals surface area contributed by atoms with Crippen LogP contribution in [0.1, 0.15) is 45.3 Å². The van der Waals surface area contributed by atoms with E-state index in [0.717, 1.165) is 0 Å². The van der Waals surface area contributed by atoms with E-state index in [1.54, 1.807) is 0 Å². The molecule has 0 bridgehead atoms. The number of aromatic nitrogens is 2. The molecule has 0 radical (unpaired) electrons. The summed E-state index contributed by atoms with van der Waals surface area (Å²) in [6.07, 6.45) is 0. The lowest BCUT2D eigenvalue weighted by Gasteiger charge is -2.32. The van der Waals surface area contributed by atoms with E-state index in [1.165, 1.54) is 0 Å². The van der Waals surface area contributed by atoms with Crippen LogP contribution < -0.4 is 5.32 Å². The van der Waals surface area contributed by atoms with Crippen molar-refractivity contribution in [2.75, 3.05) is 26.3 Å². The van der Waals surface area contributed by atoms with Gasteiger partial charge in [-0.2, -0.15) is 4.98 Å². The van der Waals surface area contributed by atoms with Crippen LogP contribution in [-0.4, -0.2) is 53.3 Å². The highest BCUT2D eigenvalue weighted by atomic mass is 16.5. The average molecular weight is 310 g/mol. The Hall–Kier alpha value is -1.47. The molecule has 1 aromatic heterocycles. The first-order valence-corrected chi connectivity index (χ1v) is 7.91. The summed E-state index contributed by atoms with van der Waals surface area (Å²) in [5.41, 5.74) is 0. The molecule has 0 spiro atoms. The average Bonchev–Trinajstić information content (AvgIpc) is 2.97. The number of carbonyl (C=O) groups is 1. The Kier molecular flexibility index (Phi) is 5.90. The third-order valence-corrected chi connectivity index (χ3v) is 3.71. The number of hydrogen-bond donors (Lipinski definition) is 1. The first-order valence-electron chi connectivity index (χ1n) is 7.91. The third kappa shape index (κ3) is 4.27. The zero-order chi connectivity index (χ0) is 16.1. The molecule has 1 aliphatic heterocycles. The van der Waals surface area contributed by atoms with Crippen molar-refractivity contribution >= 4 is 5.91 Å². The van der Waals surface area contributed by atoms with Crippen molar-refractivity contribution in [1.82, 2.24) is 20.4 Å². The third-order valence-electron chi connectivity index (χ3n) is 3.71.